The van der Waals surface area contributed by atoms with E-state index in [1.165, 1.54) is 37.2 Å². The van der Waals surface area contributed by atoms with E-state index in [-0.39, 0.29) is 12.4 Å². The van der Waals surface area contributed by atoms with Gasteiger partial charge < -0.3 is 9.88 Å². The molecule has 1 aliphatic heterocycles. The van der Waals surface area contributed by atoms with Crippen LogP contribution < -0.4 is 5.32 Å². The van der Waals surface area contributed by atoms with Crippen molar-refractivity contribution in [2.45, 2.75) is 19.4 Å². The Bertz CT molecular complexity index is 536. The van der Waals surface area contributed by atoms with Crippen LogP contribution in [0.3, 0.4) is 0 Å². The van der Waals surface area contributed by atoms with Crippen molar-refractivity contribution in [3.63, 3.8) is 0 Å². The maximum Gasteiger partial charge on any atom is 0.0991 e. The van der Waals surface area contributed by atoms with Gasteiger partial charge in [0.1, 0.15) is 0 Å². The average Bonchev–Trinajstić information content (AvgIpc) is 3.03. The van der Waals surface area contributed by atoms with Crippen LogP contribution in [0.4, 0.5) is 0 Å². The highest BCUT2D eigenvalue weighted by Crippen LogP contribution is 2.18. The molecule has 1 N–H and O–H groups in total. The molecule has 1 saturated heterocycles. The van der Waals surface area contributed by atoms with Crippen LogP contribution in [0.1, 0.15) is 18.4 Å². The van der Waals surface area contributed by atoms with Gasteiger partial charge in [-0.1, -0.05) is 12.1 Å². The molecule has 22 heavy (non-hydrogen) atoms. The monoisotopic (exact) mass is 320 g/mol. The zero-order chi connectivity index (χ0) is 14.5. The van der Waals surface area contributed by atoms with Gasteiger partial charge in [-0.05, 0) is 56.6 Å². The fourth-order valence-electron chi connectivity index (χ4n) is 3.19. The summed E-state index contributed by atoms with van der Waals surface area (Å²) in [7, 11) is 2.05. The first kappa shape index (κ1) is 17.0. The van der Waals surface area contributed by atoms with Crippen LogP contribution in [0, 0.1) is 5.92 Å². The molecule has 0 saturated carbocycles. The number of nitrogens with zero attached hydrogens (tertiary/aromatic N) is 3. The van der Waals surface area contributed by atoms with Gasteiger partial charge in [0.2, 0.25) is 0 Å². The van der Waals surface area contributed by atoms with E-state index in [0.717, 1.165) is 19.0 Å². The maximum atomic E-state index is 4.09. The van der Waals surface area contributed by atoms with Crippen LogP contribution in [0.25, 0.3) is 5.69 Å². The molecule has 0 amide bonds. The molecule has 3 rings (SSSR count). The predicted octanol–water partition coefficient (Wildman–Crippen LogP) is 2.73. The van der Waals surface area contributed by atoms with Crippen LogP contribution in [0.2, 0.25) is 0 Å². The number of piperidine rings is 1. The molecule has 1 aromatic carbocycles. The van der Waals surface area contributed by atoms with Crippen molar-refractivity contribution in [2.24, 2.45) is 5.92 Å². The minimum atomic E-state index is 0. The second-order valence-corrected chi connectivity index (χ2v) is 5.94. The number of hydrogen-bond donors (Lipinski definition) is 1. The highest BCUT2D eigenvalue weighted by Gasteiger charge is 2.19. The van der Waals surface area contributed by atoms with Crippen LogP contribution >= 0.6 is 12.4 Å². The molecule has 1 fully saturated rings. The van der Waals surface area contributed by atoms with Crippen molar-refractivity contribution in [1.82, 2.24) is 19.8 Å². The lowest BCUT2D eigenvalue weighted by Gasteiger charge is -2.32. The Kier molecular flexibility index (Phi) is 6.43. The fraction of sp³-hybridized carbons (Fsp3) is 0.471. The summed E-state index contributed by atoms with van der Waals surface area (Å²) in [5.74, 6) is 0.800. The second-order valence-electron chi connectivity index (χ2n) is 5.94. The normalized spacial score (nSPS) is 18.9. The molecular formula is C17H25ClN4. The molecule has 5 heteroatoms. The largest absolute Gasteiger partial charge is 0.319 e. The van der Waals surface area contributed by atoms with Crippen LogP contribution in [0.15, 0.2) is 43.0 Å². The zero-order valence-corrected chi connectivity index (χ0v) is 13.9. The number of rotatable bonds is 5. The van der Waals surface area contributed by atoms with E-state index in [2.05, 4.69) is 39.5 Å². The first-order valence-corrected chi connectivity index (χ1v) is 7.79. The molecular weight excluding hydrogens is 296 g/mol. The summed E-state index contributed by atoms with van der Waals surface area (Å²) in [4.78, 5) is 6.67. The lowest BCUT2D eigenvalue weighted by Crippen LogP contribution is -2.38. The summed E-state index contributed by atoms with van der Waals surface area (Å²) in [5, 5.41) is 3.31. The third-order valence-corrected chi connectivity index (χ3v) is 4.24. The van der Waals surface area contributed by atoms with Crippen molar-refractivity contribution in [1.29, 1.82) is 0 Å². The summed E-state index contributed by atoms with van der Waals surface area (Å²) in [6, 6.07) is 8.81. The Hall–Kier alpha value is -1.36. The van der Waals surface area contributed by atoms with E-state index in [1.807, 2.05) is 30.3 Å². The smallest absolute Gasteiger partial charge is 0.0991 e. The van der Waals surface area contributed by atoms with Gasteiger partial charge in [-0.3, -0.25) is 4.90 Å². The van der Waals surface area contributed by atoms with Crippen LogP contribution in [-0.2, 0) is 6.54 Å². The molecule has 1 atom stereocenters. The molecule has 4 nitrogen and oxygen atoms in total. The van der Waals surface area contributed by atoms with Crippen molar-refractivity contribution in [3.05, 3.63) is 48.5 Å². The van der Waals surface area contributed by atoms with E-state index in [4.69, 9.17) is 0 Å². The summed E-state index contributed by atoms with van der Waals surface area (Å²) in [5.41, 5.74) is 2.56. The molecule has 1 aromatic heterocycles. The van der Waals surface area contributed by atoms with E-state index >= 15 is 0 Å². The van der Waals surface area contributed by atoms with E-state index in [9.17, 15) is 0 Å². The van der Waals surface area contributed by atoms with E-state index in [1.54, 1.807) is 0 Å². The summed E-state index contributed by atoms with van der Waals surface area (Å²) in [6.45, 7) is 4.63. The summed E-state index contributed by atoms with van der Waals surface area (Å²) >= 11 is 0. The van der Waals surface area contributed by atoms with Crippen molar-refractivity contribution < 1.29 is 0 Å². The predicted molar refractivity (Wildman–Crippen MR) is 92.7 cm³/mol. The number of hydrogen-bond acceptors (Lipinski definition) is 3. The molecule has 0 bridgehead atoms. The Morgan fingerprint density at radius 3 is 2.77 bits per heavy atom. The van der Waals surface area contributed by atoms with Gasteiger partial charge in [0.15, 0.2) is 0 Å². The topological polar surface area (TPSA) is 33.1 Å². The molecule has 0 aliphatic carbocycles. The number of nitrogens with one attached hydrogen (secondary N) is 1. The molecule has 120 valence electrons. The number of halogens is 1. The van der Waals surface area contributed by atoms with Crippen molar-refractivity contribution in [3.8, 4) is 5.69 Å². The van der Waals surface area contributed by atoms with Gasteiger partial charge in [-0.25, -0.2) is 4.98 Å². The second kappa shape index (κ2) is 8.32. The SMILES string of the molecule is CNCC1CCCN(Cc2ccc(-n3ccnc3)cc2)C1.Cl. The Morgan fingerprint density at radius 2 is 2.09 bits per heavy atom. The zero-order valence-electron chi connectivity index (χ0n) is 13.1. The Morgan fingerprint density at radius 1 is 1.27 bits per heavy atom. The minimum absolute atomic E-state index is 0. The molecule has 2 heterocycles. The molecule has 0 spiro atoms. The van der Waals surface area contributed by atoms with Gasteiger partial charge in [-0.15, -0.1) is 12.4 Å². The van der Waals surface area contributed by atoms with Crippen molar-refractivity contribution in [2.75, 3.05) is 26.7 Å². The lowest BCUT2D eigenvalue weighted by atomic mass is 9.97. The lowest BCUT2D eigenvalue weighted by molar-refractivity contribution is 0.167. The summed E-state index contributed by atoms with van der Waals surface area (Å²) < 4.78 is 2.04. The van der Waals surface area contributed by atoms with E-state index in [0.29, 0.717) is 0 Å². The van der Waals surface area contributed by atoms with Gasteiger partial charge in [0.25, 0.3) is 0 Å². The molecule has 1 unspecified atom stereocenters. The fourth-order valence-corrected chi connectivity index (χ4v) is 3.19. The number of benzene rings is 1. The Labute approximate surface area is 139 Å². The van der Waals surface area contributed by atoms with Gasteiger partial charge >= 0.3 is 0 Å². The molecule has 1 aliphatic rings. The highest BCUT2D eigenvalue weighted by molar-refractivity contribution is 5.85. The number of imidazole rings is 1. The number of aromatic nitrogens is 2. The van der Waals surface area contributed by atoms with Crippen LogP contribution in [0.5, 0.6) is 0 Å². The summed E-state index contributed by atoms with van der Waals surface area (Å²) in [6.07, 6.45) is 8.30. The third kappa shape index (κ3) is 4.32. The van der Waals surface area contributed by atoms with E-state index < -0.39 is 0 Å². The highest BCUT2D eigenvalue weighted by atomic mass is 35.5. The average molecular weight is 321 g/mol. The quantitative estimate of drug-likeness (QED) is 0.919. The molecule has 0 radical (unpaired) electrons. The Balaban J connectivity index is 0.00000176. The third-order valence-electron chi connectivity index (χ3n) is 4.24. The first-order valence-electron chi connectivity index (χ1n) is 7.79. The number of likely N-dealkylation sites (tertiary alicyclic amines) is 1. The minimum Gasteiger partial charge on any atom is -0.319 e. The van der Waals surface area contributed by atoms with Crippen molar-refractivity contribution >= 4 is 12.4 Å². The van der Waals surface area contributed by atoms with Crippen LogP contribution in [-0.4, -0.2) is 41.1 Å². The molecule has 2 aromatic rings. The standard InChI is InChI=1S/C17H24N4.ClH/c1-18-11-16-3-2-9-20(13-16)12-15-4-6-17(7-5-15)21-10-8-19-14-21;/h4-8,10,14,16,18H,2-3,9,11-13H2,1H3;1H. The van der Waals surface area contributed by atoms with Gasteiger partial charge in [0, 0.05) is 31.2 Å². The first-order chi connectivity index (χ1) is 10.3. The maximum absolute atomic E-state index is 4.09. The van der Waals surface area contributed by atoms with Gasteiger partial charge in [-0.2, -0.15) is 0 Å². The van der Waals surface area contributed by atoms with Gasteiger partial charge in [0.05, 0.1) is 6.33 Å².